The number of aryl methyl sites for hydroxylation is 2. The van der Waals surface area contributed by atoms with Crippen molar-refractivity contribution < 1.29 is 4.79 Å². The van der Waals surface area contributed by atoms with Crippen molar-refractivity contribution in [2.75, 3.05) is 5.32 Å². The first-order valence-corrected chi connectivity index (χ1v) is 10.3. The third-order valence-electron chi connectivity index (χ3n) is 6.49. The van der Waals surface area contributed by atoms with E-state index in [0.29, 0.717) is 0 Å². The lowest BCUT2D eigenvalue weighted by Crippen LogP contribution is -2.14. The molecule has 0 heterocycles. The van der Waals surface area contributed by atoms with E-state index in [0.717, 1.165) is 35.1 Å². The number of nitrogens with one attached hydrogen (secondary N) is 1. The number of hydrogen-bond donors (Lipinski definition) is 1. The van der Waals surface area contributed by atoms with Crippen LogP contribution in [0.15, 0.2) is 48.0 Å². The molecule has 2 aliphatic carbocycles. The molecule has 1 fully saturated rings. The molecule has 0 saturated heterocycles. The van der Waals surface area contributed by atoms with E-state index in [1.165, 1.54) is 36.8 Å². The summed E-state index contributed by atoms with van der Waals surface area (Å²) in [5, 5.41) is 3.14. The van der Waals surface area contributed by atoms with Crippen LogP contribution in [0.2, 0.25) is 0 Å². The molecule has 2 aromatic carbocycles. The van der Waals surface area contributed by atoms with Gasteiger partial charge in [0.15, 0.2) is 0 Å². The van der Waals surface area contributed by atoms with Gasteiger partial charge in [-0.15, -0.1) is 0 Å². The van der Waals surface area contributed by atoms with Crippen LogP contribution in [0.5, 0.6) is 0 Å². The largest absolute Gasteiger partial charge is 0.322 e. The second-order valence-electron chi connectivity index (χ2n) is 8.19. The summed E-state index contributed by atoms with van der Waals surface area (Å²) in [6.07, 6.45) is 6.28. The summed E-state index contributed by atoms with van der Waals surface area (Å²) in [6.45, 7) is 6.45. The van der Waals surface area contributed by atoms with E-state index in [2.05, 4.69) is 37.4 Å². The first-order valence-electron chi connectivity index (χ1n) is 10.3. The lowest BCUT2D eigenvalue weighted by molar-refractivity contribution is 0.102. The third kappa shape index (κ3) is 3.34. The van der Waals surface area contributed by atoms with Crippen LogP contribution in [0, 0.1) is 18.8 Å². The van der Waals surface area contributed by atoms with E-state index < -0.39 is 0 Å². The van der Waals surface area contributed by atoms with Crippen molar-refractivity contribution in [3.8, 4) is 0 Å². The molecular formula is C25H29NO. The van der Waals surface area contributed by atoms with Crippen LogP contribution in [0.4, 0.5) is 5.69 Å². The Labute approximate surface area is 162 Å². The Morgan fingerprint density at radius 2 is 1.93 bits per heavy atom. The summed E-state index contributed by atoms with van der Waals surface area (Å²) in [5.74, 6) is 1.59. The zero-order valence-electron chi connectivity index (χ0n) is 16.6. The van der Waals surface area contributed by atoms with Crippen molar-refractivity contribution in [3.05, 3.63) is 70.3 Å². The SMILES string of the molecule is CCc1cc(C2=C(C)CC3CCCC23)ccc1NC(=O)c1ccccc1C. The number of amides is 1. The topological polar surface area (TPSA) is 29.1 Å². The third-order valence-corrected chi connectivity index (χ3v) is 6.49. The van der Waals surface area contributed by atoms with Gasteiger partial charge in [-0.3, -0.25) is 4.79 Å². The fourth-order valence-corrected chi connectivity index (χ4v) is 5.13. The van der Waals surface area contributed by atoms with Gasteiger partial charge >= 0.3 is 0 Å². The monoisotopic (exact) mass is 359 g/mol. The number of anilines is 1. The van der Waals surface area contributed by atoms with Crippen LogP contribution >= 0.6 is 0 Å². The van der Waals surface area contributed by atoms with Crippen molar-refractivity contribution in [1.29, 1.82) is 0 Å². The fraction of sp³-hybridized carbons (Fsp3) is 0.400. The number of allylic oxidation sites excluding steroid dienone is 2. The van der Waals surface area contributed by atoms with Crippen molar-refractivity contribution in [1.82, 2.24) is 0 Å². The minimum Gasteiger partial charge on any atom is -0.322 e. The van der Waals surface area contributed by atoms with E-state index in [-0.39, 0.29) is 5.91 Å². The van der Waals surface area contributed by atoms with E-state index in [4.69, 9.17) is 0 Å². The molecule has 1 N–H and O–H groups in total. The molecule has 4 rings (SSSR count). The number of carbonyl (C=O) groups is 1. The summed E-state index contributed by atoms with van der Waals surface area (Å²) < 4.78 is 0. The minimum absolute atomic E-state index is 0.0253. The highest BCUT2D eigenvalue weighted by Gasteiger charge is 2.36. The first kappa shape index (κ1) is 18.0. The van der Waals surface area contributed by atoms with Crippen LogP contribution < -0.4 is 5.32 Å². The van der Waals surface area contributed by atoms with Gasteiger partial charge in [-0.2, -0.15) is 0 Å². The molecule has 27 heavy (non-hydrogen) atoms. The lowest BCUT2D eigenvalue weighted by Gasteiger charge is -2.18. The molecule has 2 heteroatoms. The summed E-state index contributed by atoms with van der Waals surface area (Å²) in [7, 11) is 0. The molecule has 2 aromatic rings. The smallest absolute Gasteiger partial charge is 0.255 e. The number of fused-ring (bicyclic) bond motifs is 1. The number of hydrogen-bond acceptors (Lipinski definition) is 1. The van der Waals surface area contributed by atoms with Crippen molar-refractivity contribution >= 4 is 17.2 Å². The quantitative estimate of drug-likeness (QED) is 0.672. The molecule has 0 bridgehead atoms. The Morgan fingerprint density at radius 1 is 1.11 bits per heavy atom. The number of rotatable bonds is 4. The van der Waals surface area contributed by atoms with Gasteiger partial charge in [-0.25, -0.2) is 0 Å². The molecule has 0 spiro atoms. The fourth-order valence-electron chi connectivity index (χ4n) is 5.13. The minimum atomic E-state index is -0.0253. The van der Waals surface area contributed by atoms with Gasteiger partial charge in [0.25, 0.3) is 5.91 Å². The molecule has 1 saturated carbocycles. The van der Waals surface area contributed by atoms with Gasteiger partial charge in [-0.05, 0) is 91.8 Å². The standard InChI is InChI=1S/C25H29NO/c1-4-18-15-20(24-17(3)14-19-9-7-11-22(19)24)12-13-23(18)26-25(27)21-10-6-5-8-16(21)2/h5-6,8,10,12-13,15,19,22H,4,7,9,11,14H2,1-3H3,(H,26,27). The zero-order chi connectivity index (χ0) is 19.0. The highest BCUT2D eigenvalue weighted by atomic mass is 16.1. The Balaban J connectivity index is 1.62. The zero-order valence-corrected chi connectivity index (χ0v) is 16.6. The van der Waals surface area contributed by atoms with Gasteiger partial charge in [-0.1, -0.05) is 43.2 Å². The van der Waals surface area contributed by atoms with E-state index >= 15 is 0 Å². The van der Waals surface area contributed by atoms with Crippen LogP contribution in [-0.4, -0.2) is 5.91 Å². The van der Waals surface area contributed by atoms with Gasteiger partial charge in [0.05, 0.1) is 0 Å². The second kappa shape index (κ2) is 7.34. The van der Waals surface area contributed by atoms with Crippen LogP contribution in [0.25, 0.3) is 5.57 Å². The van der Waals surface area contributed by atoms with E-state index in [1.54, 1.807) is 11.1 Å². The molecule has 2 unspecified atom stereocenters. The second-order valence-corrected chi connectivity index (χ2v) is 8.19. The molecule has 0 aromatic heterocycles. The van der Waals surface area contributed by atoms with Crippen LogP contribution in [0.3, 0.4) is 0 Å². The number of benzene rings is 2. The summed E-state index contributed by atoms with van der Waals surface area (Å²) >= 11 is 0. The Bertz CT molecular complexity index is 908. The molecule has 2 atom stereocenters. The Hall–Kier alpha value is -2.35. The van der Waals surface area contributed by atoms with Crippen LogP contribution in [0.1, 0.15) is 66.6 Å². The Kier molecular flexibility index (Phi) is 4.90. The molecule has 0 aliphatic heterocycles. The van der Waals surface area contributed by atoms with Gasteiger partial charge < -0.3 is 5.32 Å². The molecular weight excluding hydrogens is 330 g/mol. The average molecular weight is 360 g/mol. The highest BCUT2D eigenvalue weighted by molar-refractivity contribution is 6.05. The van der Waals surface area contributed by atoms with Crippen molar-refractivity contribution in [2.45, 2.75) is 52.9 Å². The van der Waals surface area contributed by atoms with E-state index in [9.17, 15) is 4.79 Å². The molecule has 140 valence electrons. The summed E-state index contributed by atoms with van der Waals surface area (Å²) in [5.41, 5.74) is 8.43. The lowest BCUT2D eigenvalue weighted by atomic mass is 9.89. The number of carbonyl (C=O) groups excluding carboxylic acids is 1. The highest BCUT2D eigenvalue weighted by Crippen LogP contribution is 2.51. The van der Waals surface area contributed by atoms with Crippen LogP contribution in [-0.2, 0) is 6.42 Å². The Morgan fingerprint density at radius 3 is 2.70 bits per heavy atom. The predicted molar refractivity (Wildman–Crippen MR) is 113 cm³/mol. The normalized spacial score (nSPS) is 21.4. The van der Waals surface area contributed by atoms with Gasteiger partial charge in [0.2, 0.25) is 0 Å². The maximum atomic E-state index is 12.7. The molecule has 2 nitrogen and oxygen atoms in total. The van der Waals surface area contributed by atoms with Gasteiger partial charge in [0.1, 0.15) is 0 Å². The summed E-state index contributed by atoms with van der Waals surface area (Å²) in [6, 6.07) is 14.4. The average Bonchev–Trinajstić information content (AvgIpc) is 3.22. The first-order chi connectivity index (χ1) is 13.1. The van der Waals surface area contributed by atoms with Crippen molar-refractivity contribution in [3.63, 3.8) is 0 Å². The maximum Gasteiger partial charge on any atom is 0.255 e. The maximum absolute atomic E-state index is 12.7. The molecule has 1 amide bonds. The van der Waals surface area contributed by atoms with E-state index in [1.807, 2.05) is 31.2 Å². The predicted octanol–water partition coefficient (Wildman–Crippen LogP) is 6.40. The van der Waals surface area contributed by atoms with Crippen molar-refractivity contribution in [2.24, 2.45) is 11.8 Å². The van der Waals surface area contributed by atoms with Gasteiger partial charge in [0, 0.05) is 11.3 Å². The molecule has 2 aliphatic rings. The molecule has 0 radical (unpaired) electrons. The summed E-state index contributed by atoms with van der Waals surface area (Å²) in [4.78, 5) is 12.7.